The molecule has 0 saturated carbocycles. The largest absolute Gasteiger partial charge is 0.522 e. The summed E-state index contributed by atoms with van der Waals surface area (Å²) in [5, 5.41) is 5.24. The van der Waals surface area contributed by atoms with Gasteiger partial charge in [0.15, 0.2) is 0 Å². The second-order valence-corrected chi connectivity index (χ2v) is 7.38. The van der Waals surface area contributed by atoms with Crippen LogP contribution < -0.4 is 5.32 Å². The summed E-state index contributed by atoms with van der Waals surface area (Å²) >= 11 is 1.75. The third-order valence-electron chi connectivity index (χ3n) is 3.01. The summed E-state index contributed by atoms with van der Waals surface area (Å²) in [6.45, 7) is 1.54. The predicted octanol–water partition coefficient (Wildman–Crippen LogP) is 4.41. The zero-order valence-corrected chi connectivity index (χ0v) is 14.3. The molecule has 10 heteroatoms. The van der Waals surface area contributed by atoms with Crippen LogP contribution in [-0.2, 0) is 14.9 Å². The van der Waals surface area contributed by atoms with Crippen LogP contribution in [0, 0.1) is 0 Å². The summed E-state index contributed by atoms with van der Waals surface area (Å²) in [6, 6.07) is 14.3. The van der Waals surface area contributed by atoms with Crippen molar-refractivity contribution in [3.05, 3.63) is 42.5 Å². The van der Waals surface area contributed by atoms with Crippen molar-refractivity contribution in [2.24, 2.45) is 0 Å². The van der Waals surface area contributed by atoms with E-state index in [1.807, 2.05) is 24.3 Å². The lowest BCUT2D eigenvalue weighted by atomic mass is 10.1. The van der Waals surface area contributed by atoms with E-state index in [9.17, 15) is 18.0 Å². The molecule has 1 heterocycles. The van der Waals surface area contributed by atoms with Crippen LogP contribution in [0.4, 0.5) is 18.9 Å². The summed E-state index contributed by atoms with van der Waals surface area (Å²) < 4.78 is 60.0. The van der Waals surface area contributed by atoms with E-state index in [1.54, 1.807) is 11.3 Å². The highest BCUT2D eigenvalue weighted by molar-refractivity contribution is 7.86. The SMILES string of the molecule is CC(=O)Nc1cccc2sc3ccccc3c12.O=S(=O)(O)C(F)(F)F. The summed E-state index contributed by atoms with van der Waals surface area (Å²) in [4.78, 5) is 11.2. The fraction of sp³-hybridized carbons (Fsp3) is 0.133. The number of amides is 1. The number of rotatable bonds is 1. The molecule has 2 aromatic carbocycles. The number of benzene rings is 2. The van der Waals surface area contributed by atoms with E-state index in [0.717, 1.165) is 11.1 Å². The normalized spacial score (nSPS) is 11.9. The topological polar surface area (TPSA) is 83.5 Å². The molecule has 0 atom stereocenters. The Balaban J connectivity index is 0.000000242. The minimum absolute atomic E-state index is 0.0345. The number of thiophene rings is 1. The minimum Gasteiger partial charge on any atom is -0.326 e. The van der Waals surface area contributed by atoms with Gasteiger partial charge in [-0.3, -0.25) is 9.35 Å². The lowest BCUT2D eigenvalue weighted by molar-refractivity contribution is -0.114. The number of hydrogen-bond acceptors (Lipinski definition) is 4. The summed E-state index contributed by atoms with van der Waals surface area (Å²) in [6.07, 6.45) is 0. The average Bonchev–Trinajstić information content (AvgIpc) is 2.84. The maximum absolute atomic E-state index is 11.2. The third-order valence-corrected chi connectivity index (χ3v) is 4.73. The molecule has 0 unspecified atom stereocenters. The first-order chi connectivity index (χ1) is 11.5. The Morgan fingerprint density at radius 2 is 1.64 bits per heavy atom. The Bertz CT molecular complexity index is 1030. The van der Waals surface area contributed by atoms with Gasteiger partial charge in [-0.05, 0) is 18.2 Å². The van der Waals surface area contributed by atoms with E-state index in [1.165, 1.54) is 21.7 Å². The van der Waals surface area contributed by atoms with Gasteiger partial charge in [0.05, 0.1) is 5.69 Å². The Morgan fingerprint density at radius 3 is 2.20 bits per heavy atom. The molecule has 0 aliphatic carbocycles. The minimum atomic E-state index is -5.84. The van der Waals surface area contributed by atoms with Gasteiger partial charge in [-0.15, -0.1) is 11.3 Å². The number of anilines is 1. The maximum Gasteiger partial charge on any atom is 0.522 e. The quantitative estimate of drug-likeness (QED) is 0.476. The number of hydrogen-bond donors (Lipinski definition) is 2. The molecule has 25 heavy (non-hydrogen) atoms. The molecule has 1 amide bonds. The number of alkyl halides is 3. The first kappa shape index (κ1) is 19.2. The average molecular weight is 391 g/mol. The molecular formula is C15H12F3NO4S2. The molecule has 0 aliphatic rings. The van der Waals surface area contributed by atoms with E-state index in [4.69, 9.17) is 13.0 Å². The van der Waals surface area contributed by atoms with Gasteiger partial charge in [0.1, 0.15) is 0 Å². The molecule has 0 spiro atoms. The first-order valence-electron chi connectivity index (χ1n) is 6.72. The highest BCUT2D eigenvalue weighted by Crippen LogP contribution is 2.37. The van der Waals surface area contributed by atoms with Crippen LogP contribution in [0.5, 0.6) is 0 Å². The Morgan fingerprint density at radius 1 is 1.08 bits per heavy atom. The van der Waals surface area contributed by atoms with Crippen molar-refractivity contribution in [3.8, 4) is 0 Å². The smallest absolute Gasteiger partial charge is 0.326 e. The van der Waals surface area contributed by atoms with Crippen LogP contribution in [0.2, 0.25) is 0 Å². The van der Waals surface area contributed by atoms with Crippen LogP contribution in [0.15, 0.2) is 42.5 Å². The maximum atomic E-state index is 11.2. The summed E-state index contributed by atoms with van der Waals surface area (Å²) in [5.74, 6) is -0.0345. The second-order valence-electron chi connectivity index (χ2n) is 4.88. The predicted molar refractivity (Wildman–Crippen MR) is 91.2 cm³/mol. The molecule has 0 bridgehead atoms. The van der Waals surface area contributed by atoms with Gasteiger partial charge >= 0.3 is 15.6 Å². The first-order valence-corrected chi connectivity index (χ1v) is 8.98. The molecule has 3 rings (SSSR count). The van der Waals surface area contributed by atoms with Crippen molar-refractivity contribution in [3.63, 3.8) is 0 Å². The van der Waals surface area contributed by atoms with Crippen LogP contribution in [-0.4, -0.2) is 24.4 Å². The number of fused-ring (bicyclic) bond motifs is 3. The zero-order valence-electron chi connectivity index (χ0n) is 12.7. The Kier molecular flexibility index (Phi) is 5.35. The standard InChI is InChI=1S/C14H11NOS.CHF3O3S/c1-9(16)15-11-6-4-8-13-14(11)10-5-2-3-7-12(10)17-13;2-1(3,4)8(5,6)7/h2-8H,1H3,(H,15,16);(H,5,6,7). The van der Waals surface area contributed by atoms with Gasteiger partial charge in [0.25, 0.3) is 0 Å². The van der Waals surface area contributed by atoms with E-state index >= 15 is 0 Å². The zero-order chi connectivity index (χ0) is 18.8. The molecule has 0 fully saturated rings. The lowest BCUT2D eigenvalue weighted by Crippen LogP contribution is -2.21. The molecule has 0 radical (unpaired) electrons. The molecule has 134 valence electrons. The number of halogens is 3. The van der Waals surface area contributed by atoms with Crippen LogP contribution in [0.1, 0.15) is 6.92 Å². The van der Waals surface area contributed by atoms with Crippen LogP contribution in [0.25, 0.3) is 20.2 Å². The molecule has 0 aliphatic heterocycles. The summed E-state index contributed by atoms with van der Waals surface area (Å²) in [5.41, 5.74) is -4.64. The molecule has 5 nitrogen and oxygen atoms in total. The fourth-order valence-electron chi connectivity index (χ4n) is 2.07. The number of carbonyl (C=O) groups is 1. The van der Waals surface area contributed by atoms with Gasteiger partial charge in [-0.25, -0.2) is 0 Å². The number of carbonyl (C=O) groups excluding carboxylic acids is 1. The second kappa shape index (κ2) is 6.98. The van der Waals surface area contributed by atoms with Gasteiger partial charge in [0.2, 0.25) is 5.91 Å². The van der Waals surface area contributed by atoms with E-state index in [0.29, 0.717) is 0 Å². The van der Waals surface area contributed by atoms with E-state index < -0.39 is 15.6 Å². The van der Waals surface area contributed by atoms with Gasteiger partial charge in [-0.2, -0.15) is 21.6 Å². The number of nitrogens with one attached hydrogen (secondary N) is 1. The fourth-order valence-corrected chi connectivity index (χ4v) is 3.20. The van der Waals surface area contributed by atoms with E-state index in [-0.39, 0.29) is 5.91 Å². The highest BCUT2D eigenvalue weighted by atomic mass is 32.2. The highest BCUT2D eigenvalue weighted by Gasteiger charge is 2.44. The van der Waals surface area contributed by atoms with Gasteiger partial charge in [-0.1, -0.05) is 24.3 Å². The van der Waals surface area contributed by atoms with Crippen molar-refractivity contribution in [2.75, 3.05) is 5.32 Å². The van der Waals surface area contributed by atoms with Crippen molar-refractivity contribution >= 4 is 53.2 Å². The van der Waals surface area contributed by atoms with Crippen molar-refractivity contribution in [1.82, 2.24) is 0 Å². The summed E-state index contributed by atoms with van der Waals surface area (Å²) in [7, 11) is -5.84. The Labute approximate surface area is 144 Å². The lowest BCUT2D eigenvalue weighted by Gasteiger charge is -2.03. The van der Waals surface area contributed by atoms with Gasteiger partial charge in [0, 0.05) is 27.1 Å². The Hall–Kier alpha value is -2.17. The van der Waals surface area contributed by atoms with Crippen molar-refractivity contribution < 1.29 is 30.9 Å². The molecular weight excluding hydrogens is 379 g/mol. The molecule has 2 N–H and O–H groups in total. The molecule has 0 saturated heterocycles. The third kappa shape index (κ3) is 4.47. The van der Waals surface area contributed by atoms with Crippen molar-refractivity contribution in [2.45, 2.75) is 12.4 Å². The molecule has 1 aromatic heterocycles. The van der Waals surface area contributed by atoms with Crippen LogP contribution >= 0.6 is 11.3 Å². The van der Waals surface area contributed by atoms with Gasteiger partial charge < -0.3 is 5.32 Å². The van der Waals surface area contributed by atoms with Crippen molar-refractivity contribution in [1.29, 1.82) is 0 Å². The van der Waals surface area contributed by atoms with Crippen LogP contribution in [0.3, 0.4) is 0 Å². The van der Waals surface area contributed by atoms with E-state index in [2.05, 4.69) is 23.5 Å². The monoisotopic (exact) mass is 391 g/mol. The molecule has 3 aromatic rings.